The van der Waals surface area contributed by atoms with Crippen LogP contribution in [0.15, 0.2) is 29.9 Å². The number of hydrogen-bond acceptors (Lipinski definition) is 5. The van der Waals surface area contributed by atoms with Crippen LogP contribution in [-0.4, -0.2) is 34.4 Å². The van der Waals surface area contributed by atoms with Crippen LogP contribution in [0.3, 0.4) is 0 Å². The molecule has 0 aliphatic carbocycles. The molecule has 1 atom stereocenters. The van der Waals surface area contributed by atoms with Crippen LogP contribution in [0.25, 0.3) is 0 Å². The molecule has 1 spiro atoms. The summed E-state index contributed by atoms with van der Waals surface area (Å²) in [4.78, 5) is 36.9. The molecule has 136 valence electrons. The molecule has 3 rings (SSSR count). The highest BCUT2D eigenvalue weighted by molar-refractivity contribution is 8.15. The summed E-state index contributed by atoms with van der Waals surface area (Å²) >= 11 is 13.5. The molecule has 10 heteroatoms. The average molecular weight is 413 g/mol. The van der Waals surface area contributed by atoms with Crippen LogP contribution in [-0.2, 0) is 19.3 Å². The number of fused-ring (bicyclic) bond motifs is 2. The molecule has 1 aromatic rings. The van der Waals surface area contributed by atoms with Crippen LogP contribution in [0.4, 0.5) is 5.69 Å². The number of thioether (sulfide) groups is 1. The molecule has 1 aromatic carbocycles. The molecule has 0 saturated carbocycles. The van der Waals surface area contributed by atoms with Gasteiger partial charge in [-0.2, -0.15) is 5.01 Å². The average Bonchev–Trinajstić information content (AvgIpc) is 3.04. The number of amidine groups is 1. The fourth-order valence-corrected chi connectivity index (χ4v) is 4.69. The highest BCUT2D eigenvalue weighted by atomic mass is 35.5. The van der Waals surface area contributed by atoms with Gasteiger partial charge in [-0.15, -0.1) is 11.7 Å². The monoisotopic (exact) mass is 412 g/mol. The van der Waals surface area contributed by atoms with Crippen molar-refractivity contribution in [2.75, 3.05) is 11.4 Å². The van der Waals surface area contributed by atoms with E-state index in [4.69, 9.17) is 23.2 Å². The summed E-state index contributed by atoms with van der Waals surface area (Å²) in [6.07, 6.45) is 1.55. The van der Waals surface area contributed by atoms with Crippen LogP contribution < -0.4 is 10.2 Å². The molecule has 0 radical (unpaired) electrons. The Kier molecular flexibility index (Phi) is 4.76. The van der Waals surface area contributed by atoms with Crippen molar-refractivity contribution in [3.05, 3.63) is 40.4 Å². The number of benzene rings is 1. The lowest BCUT2D eigenvalue weighted by molar-refractivity contribution is -0.139. The van der Waals surface area contributed by atoms with Crippen molar-refractivity contribution in [3.8, 4) is 0 Å². The highest BCUT2D eigenvalue weighted by Gasteiger charge is 2.61. The van der Waals surface area contributed by atoms with E-state index < -0.39 is 16.7 Å². The third-order valence-electron chi connectivity index (χ3n) is 3.87. The summed E-state index contributed by atoms with van der Waals surface area (Å²) < 4.78 is 0. The van der Waals surface area contributed by atoms with E-state index in [1.807, 2.05) is 0 Å². The Labute approximate surface area is 164 Å². The van der Waals surface area contributed by atoms with E-state index in [0.29, 0.717) is 11.3 Å². The van der Waals surface area contributed by atoms with Crippen LogP contribution in [0.2, 0.25) is 10.0 Å². The standard InChI is InChI=1S/C16H14Cl2N4O3S/c1-4-7-21-13-10(5-6-11(17)12(13)18)16(14(21)25)22(9(3)24)20-15(26-16)19-8(2)23/h4-6H,1,7H2,2-3H3,(H,19,20,23). The molecule has 2 aliphatic heterocycles. The topological polar surface area (TPSA) is 82.1 Å². The normalized spacial score (nSPS) is 21.1. The summed E-state index contributed by atoms with van der Waals surface area (Å²) in [6.45, 7) is 6.45. The van der Waals surface area contributed by atoms with E-state index >= 15 is 0 Å². The van der Waals surface area contributed by atoms with Crippen LogP contribution >= 0.6 is 35.0 Å². The molecule has 2 aliphatic rings. The summed E-state index contributed by atoms with van der Waals surface area (Å²) in [6, 6.07) is 3.20. The van der Waals surface area contributed by atoms with Crippen molar-refractivity contribution in [1.29, 1.82) is 0 Å². The minimum Gasteiger partial charge on any atom is -0.304 e. The number of anilines is 1. The first kappa shape index (κ1) is 18.8. The van der Waals surface area contributed by atoms with E-state index in [2.05, 4.69) is 17.0 Å². The van der Waals surface area contributed by atoms with Gasteiger partial charge in [0.15, 0.2) is 5.17 Å². The van der Waals surface area contributed by atoms with Crippen molar-refractivity contribution in [2.24, 2.45) is 5.10 Å². The van der Waals surface area contributed by atoms with Gasteiger partial charge in [-0.25, -0.2) is 0 Å². The van der Waals surface area contributed by atoms with E-state index in [-0.39, 0.29) is 27.7 Å². The maximum atomic E-state index is 13.4. The van der Waals surface area contributed by atoms with Gasteiger partial charge in [0.2, 0.25) is 16.7 Å². The van der Waals surface area contributed by atoms with Crippen LogP contribution in [0.5, 0.6) is 0 Å². The van der Waals surface area contributed by atoms with Gasteiger partial charge >= 0.3 is 0 Å². The molecular formula is C16H14Cl2N4O3S. The minimum absolute atomic E-state index is 0.151. The lowest BCUT2D eigenvalue weighted by Crippen LogP contribution is -2.48. The third-order valence-corrected chi connectivity index (χ3v) is 5.90. The smallest absolute Gasteiger partial charge is 0.271 e. The number of carbonyl (C=O) groups is 3. The SMILES string of the molecule is C=CCN1C(=O)C2(SC(NC(C)=O)=NN2C(C)=O)c2ccc(Cl)c(Cl)c21. The van der Waals surface area contributed by atoms with Crippen molar-refractivity contribution in [3.63, 3.8) is 0 Å². The Bertz CT molecular complexity index is 888. The van der Waals surface area contributed by atoms with Crippen molar-refractivity contribution >= 4 is 63.5 Å². The summed E-state index contributed by atoms with van der Waals surface area (Å²) in [5.41, 5.74) is 0.880. The van der Waals surface area contributed by atoms with Crippen molar-refractivity contribution in [2.45, 2.75) is 18.7 Å². The maximum absolute atomic E-state index is 13.4. The summed E-state index contributed by atoms with van der Waals surface area (Å²) in [5.74, 6) is -1.23. The molecule has 7 nitrogen and oxygen atoms in total. The van der Waals surface area contributed by atoms with E-state index in [9.17, 15) is 14.4 Å². The Morgan fingerprint density at radius 2 is 2.08 bits per heavy atom. The predicted octanol–water partition coefficient (Wildman–Crippen LogP) is 2.68. The zero-order valence-electron chi connectivity index (χ0n) is 13.9. The van der Waals surface area contributed by atoms with Gasteiger partial charge in [-0.3, -0.25) is 14.4 Å². The van der Waals surface area contributed by atoms with Gasteiger partial charge in [0.05, 0.1) is 15.7 Å². The second-order valence-corrected chi connectivity index (χ2v) is 7.59. The first-order chi connectivity index (χ1) is 12.2. The second-order valence-electron chi connectivity index (χ2n) is 5.63. The van der Waals surface area contributed by atoms with Gasteiger partial charge in [0, 0.05) is 26.0 Å². The zero-order chi connectivity index (χ0) is 19.2. The summed E-state index contributed by atoms with van der Waals surface area (Å²) in [5, 5.41) is 8.38. The van der Waals surface area contributed by atoms with Gasteiger partial charge in [0.1, 0.15) is 0 Å². The van der Waals surface area contributed by atoms with Gasteiger partial charge < -0.3 is 10.2 Å². The number of amides is 3. The first-order valence-electron chi connectivity index (χ1n) is 7.51. The van der Waals surface area contributed by atoms with Crippen LogP contribution in [0, 0.1) is 0 Å². The largest absolute Gasteiger partial charge is 0.304 e. The summed E-state index contributed by atoms with van der Waals surface area (Å²) in [7, 11) is 0. The number of nitrogens with one attached hydrogen (secondary N) is 1. The van der Waals surface area contributed by atoms with E-state index in [1.165, 1.54) is 18.7 Å². The molecule has 0 fully saturated rings. The van der Waals surface area contributed by atoms with Gasteiger partial charge in [0.25, 0.3) is 5.91 Å². The lowest BCUT2D eigenvalue weighted by atomic mass is 10.1. The molecule has 2 heterocycles. The second kappa shape index (κ2) is 6.61. The molecule has 0 saturated heterocycles. The minimum atomic E-state index is -1.49. The molecular weight excluding hydrogens is 399 g/mol. The van der Waals surface area contributed by atoms with E-state index in [1.54, 1.807) is 18.2 Å². The number of nitrogens with zero attached hydrogens (tertiary/aromatic N) is 3. The zero-order valence-corrected chi connectivity index (χ0v) is 16.2. The highest BCUT2D eigenvalue weighted by Crippen LogP contribution is 2.57. The number of hydrazone groups is 1. The lowest BCUT2D eigenvalue weighted by Gasteiger charge is -2.29. The number of rotatable bonds is 2. The van der Waals surface area contributed by atoms with E-state index in [0.717, 1.165) is 16.8 Å². The third kappa shape index (κ3) is 2.60. The Hall–Kier alpha value is -2.03. The van der Waals surface area contributed by atoms with Crippen LogP contribution in [0.1, 0.15) is 19.4 Å². The molecule has 26 heavy (non-hydrogen) atoms. The number of halogens is 2. The van der Waals surface area contributed by atoms with Gasteiger partial charge in [-0.05, 0) is 17.8 Å². The number of carbonyl (C=O) groups excluding carboxylic acids is 3. The van der Waals surface area contributed by atoms with Crippen molar-refractivity contribution in [1.82, 2.24) is 10.3 Å². The Balaban J connectivity index is 2.23. The fourth-order valence-electron chi connectivity index (χ4n) is 2.94. The maximum Gasteiger partial charge on any atom is 0.271 e. The Morgan fingerprint density at radius 1 is 1.38 bits per heavy atom. The molecule has 3 amide bonds. The molecule has 1 unspecified atom stereocenters. The Morgan fingerprint density at radius 3 is 2.65 bits per heavy atom. The fraction of sp³-hybridized carbons (Fsp3) is 0.250. The molecule has 0 bridgehead atoms. The first-order valence-corrected chi connectivity index (χ1v) is 9.08. The number of hydrogen-bond donors (Lipinski definition) is 1. The molecule has 0 aromatic heterocycles. The van der Waals surface area contributed by atoms with Crippen molar-refractivity contribution < 1.29 is 14.4 Å². The van der Waals surface area contributed by atoms with Gasteiger partial charge in [-0.1, -0.05) is 35.3 Å². The molecule has 1 N–H and O–H groups in total. The predicted molar refractivity (Wildman–Crippen MR) is 102 cm³/mol. The quantitative estimate of drug-likeness (QED) is 0.756.